The SMILES string of the molecule is NC12C=CC=C[C@@H]1CNC2. The molecule has 0 aromatic rings. The van der Waals surface area contributed by atoms with E-state index < -0.39 is 0 Å². The van der Waals surface area contributed by atoms with E-state index in [0.717, 1.165) is 13.1 Å². The zero-order valence-electron chi connectivity index (χ0n) is 5.88. The van der Waals surface area contributed by atoms with Gasteiger partial charge < -0.3 is 11.1 Å². The van der Waals surface area contributed by atoms with Gasteiger partial charge in [0.25, 0.3) is 0 Å². The van der Waals surface area contributed by atoms with Crippen LogP contribution in [0.2, 0.25) is 0 Å². The second-order valence-electron chi connectivity index (χ2n) is 3.09. The van der Waals surface area contributed by atoms with Gasteiger partial charge in [-0.15, -0.1) is 0 Å². The highest BCUT2D eigenvalue weighted by Gasteiger charge is 2.36. The Balaban J connectivity index is 2.30. The van der Waals surface area contributed by atoms with E-state index in [4.69, 9.17) is 5.73 Å². The van der Waals surface area contributed by atoms with E-state index in [1.54, 1.807) is 0 Å². The minimum absolute atomic E-state index is 0.0885. The molecule has 10 heavy (non-hydrogen) atoms. The van der Waals surface area contributed by atoms with Gasteiger partial charge in [-0.05, 0) is 0 Å². The molecule has 1 aliphatic heterocycles. The first-order valence-corrected chi connectivity index (χ1v) is 3.67. The third-order valence-corrected chi connectivity index (χ3v) is 2.35. The lowest BCUT2D eigenvalue weighted by Crippen LogP contribution is -2.45. The van der Waals surface area contributed by atoms with Crippen LogP contribution >= 0.6 is 0 Å². The maximum Gasteiger partial charge on any atom is 0.0544 e. The Kier molecular flexibility index (Phi) is 1.19. The van der Waals surface area contributed by atoms with Crippen LogP contribution in [0.5, 0.6) is 0 Å². The monoisotopic (exact) mass is 136 g/mol. The van der Waals surface area contributed by atoms with Crippen LogP contribution < -0.4 is 11.1 Å². The summed E-state index contributed by atoms with van der Waals surface area (Å²) >= 11 is 0. The molecule has 54 valence electrons. The summed E-state index contributed by atoms with van der Waals surface area (Å²) in [5.74, 6) is 0.512. The summed E-state index contributed by atoms with van der Waals surface area (Å²) in [6.07, 6.45) is 8.38. The molecule has 0 aromatic heterocycles. The Morgan fingerprint density at radius 2 is 2.40 bits per heavy atom. The summed E-state index contributed by atoms with van der Waals surface area (Å²) in [5, 5.41) is 3.28. The lowest BCUT2D eigenvalue weighted by atomic mass is 9.85. The summed E-state index contributed by atoms with van der Waals surface area (Å²) in [4.78, 5) is 0. The molecule has 0 saturated carbocycles. The standard InChI is InChI=1S/C8H12N2/c9-8-4-2-1-3-7(8)5-10-6-8/h1-4,7,10H,5-6,9H2/t7-,8?/m1/s1. The van der Waals surface area contributed by atoms with Gasteiger partial charge in [-0.1, -0.05) is 24.3 Å². The first-order valence-electron chi connectivity index (χ1n) is 3.67. The zero-order valence-corrected chi connectivity index (χ0v) is 5.88. The van der Waals surface area contributed by atoms with Crippen molar-refractivity contribution in [3.05, 3.63) is 24.3 Å². The highest BCUT2D eigenvalue weighted by atomic mass is 15.0. The number of allylic oxidation sites excluding steroid dienone is 2. The summed E-state index contributed by atoms with van der Waals surface area (Å²) in [5.41, 5.74) is 5.98. The fourth-order valence-corrected chi connectivity index (χ4v) is 1.63. The van der Waals surface area contributed by atoms with E-state index in [-0.39, 0.29) is 5.54 Å². The van der Waals surface area contributed by atoms with Crippen molar-refractivity contribution in [1.82, 2.24) is 5.32 Å². The molecule has 2 atom stereocenters. The lowest BCUT2D eigenvalue weighted by Gasteiger charge is -2.26. The third-order valence-electron chi connectivity index (χ3n) is 2.35. The molecule has 3 N–H and O–H groups in total. The molecule has 1 saturated heterocycles. The quantitative estimate of drug-likeness (QED) is 0.493. The number of rotatable bonds is 0. The number of nitrogens with two attached hydrogens (primary N) is 1. The Labute approximate surface area is 60.8 Å². The van der Waals surface area contributed by atoms with Crippen LogP contribution in [0.3, 0.4) is 0 Å². The first kappa shape index (κ1) is 6.13. The third kappa shape index (κ3) is 0.728. The average molecular weight is 136 g/mol. The largest absolute Gasteiger partial charge is 0.320 e. The Bertz CT molecular complexity index is 195. The molecule has 0 radical (unpaired) electrons. The average Bonchev–Trinajstić information content (AvgIpc) is 2.29. The van der Waals surface area contributed by atoms with Gasteiger partial charge >= 0.3 is 0 Å². The van der Waals surface area contributed by atoms with Crippen molar-refractivity contribution in [2.24, 2.45) is 11.7 Å². The number of hydrogen-bond donors (Lipinski definition) is 2. The molecular weight excluding hydrogens is 124 g/mol. The van der Waals surface area contributed by atoms with Crippen LogP contribution in [0.15, 0.2) is 24.3 Å². The molecule has 0 spiro atoms. The molecule has 2 nitrogen and oxygen atoms in total. The first-order chi connectivity index (χ1) is 4.81. The van der Waals surface area contributed by atoms with Crippen molar-refractivity contribution in [3.63, 3.8) is 0 Å². The summed E-state index contributed by atoms with van der Waals surface area (Å²) in [6.45, 7) is 1.94. The topological polar surface area (TPSA) is 38.0 Å². The van der Waals surface area contributed by atoms with Gasteiger partial charge in [-0.25, -0.2) is 0 Å². The van der Waals surface area contributed by atoms with Crippen molar-refractivity contribution in [1.29, 1.82) is 0 Å². The van der Waals surface area contributed by atoms with E-state index in [0.29, 0.717) is 5.92 Å². The second kappa shape index (κ2) is 1.94. The van der Waals surface area contributed by atoms with Crippen LogP contribution in [0.1, 0.15) is 0 Å². The van der Waals surface area contributed by atoms with Crippen LogP contribution in [0, 0.1) is 5.92 Å². The number of hydrogen-bond acceptors (Lipinski definition) is 2. The molecule has 1 aliphatic carbocycles. The fraction of sp³-hybridized carbons (Fsp3) is 0.500. The molecule has 0 bridgehead atoms. The highest BCUT2D eigenvalue weighted by molar-refractivity contribution is 5.26. The molecule has 1 unspecified atom stereocenters. The van der Waals surface area contributed by atoms with Crippen molar-refractivity contribution < 1.29 is 0 Å². The van der Waals surface area contributed by atoms with Gasteiger partial charge in [0.05, 0.1) is 5.54 Å². The maximum absolute atomic E-state index is 6.06. The molecular formula is C8H12N2. The molecule has 2 rings (SSSR count). The molecule has 1 heterocycles. The van der Waals surface area contributed by atoms with E-state index in [1.165, 1.54) is 0 Å². The molecule has 1 fully saturated rings. The minimum atomic E-state index is -0.0885. The fourth-order valence-electron chi connectivity index (χ4n) is 1.63. The zero-order chi connectivity index (χ0) is 7.03. The normalized spacial score (nSPS) is 43.9. The van der Waals surface area contributed by atoms with Crippen LogP contribution in [-0.2, 0) is 0 Å². The maximum atomic E-state index is 6.06. The molecule has 2 aliphatic rings. The van der Waals surface area contributed by atoms with Gasteiger partial charge in [0.1, 0.15) is 0 Å². The van der Waals surface area contributed by atoms with Crippen molar-refractivity contribution in [3.8, 4) is 0 Å². The van der Waals surface area contributed by atoms with Gasteiger partial charge in [-0.3, -0.25) is 0 Å². The van der Waals surface area contributed by atoms with Crippen molar-refractivity contribution >= 4 is 0 Å². The van der Waals surface area contributed by atoms with Gasteiger partial charge in [-0.2, -0.15) is 0 Å². The number of fused-ring (bicyclic) bond motifs is 1. The lowest BCUT2D eigenvalue weighted by molar-refractivity contribution is 0.489. The van der Waals surface area contributed by atoms with Crippen LogP contribution in [-0.4, -0.2) is 18.6 Å². The molecule has 0 aromatic carbocycles. The van der Waals surface area contributed by atoms with Crippen LogP contribution in [0.4, 0.5) is 0 Å². The second-order valence-corrected chi connectivity index (χ2v) is 3.09. The summed E-state index contributed by atoms with van der Waals surface area (Å²) < 4.78 is 0. The number of nitrogens with one attached hydrogen (secondary N) is 1. The van der Waals surface area contributed by atoms with Gasteiger partial charge in [0, 0.05) is 19.0 Å². The Hall–Kier alpha value is -0.600. The van der Waals surface area contributed by atoms with E-state index in [9.17, 15) is 0 Å². The van der Waals surface area contributed by atoms with E-state index >= 15 is 0 Å². The molecule has 0 amide bonds. The Morgan fingerprint density at radius 1 is 1.50 bits per heavy atom. The minimum Gasteiger partial charge on any atom is -0.320 e. The Morgan fingerprint density at radius 3 is 3.20 bits per heavy atom. The predicted molar refractivity (Wildman–Crippen MR) is 41.6 cm³/mol. The van der Waals surface area contributed by atoms with E-state index in [1.807, 2.05) is 6.08 Å². The molecule has 2 heteroatoms. The summed E-state index contributed by atoms with van der Waals surface area (Å²) in [6, 6.07) is 0. The van der Waals surface area contributed by atoms with Crippen molar-refractivity contribution in [2.45, 2.75) is 5.54 Å². The van der Waals surface area contributed by atoms with Crippen LogP contribution in [0.25, 0.3) is 0 Å². The smallest absolute Gasteiger partial charge is 0.0544 e. The van der Waals surface area contributed by atoms with E-state index in [2.05, 4.69) is 23.5 Å². The summed E-state index contributed by atoms with van der Waals surface area (Å²) in [7, 11) is 0. The van der Waals surface area contributed by atoms with Gasteiger partial charge in [0.15, 0.2) is 0 Å². The van der Waals surface area contributed by atoms with Gasteiger partial charge in [0.2, 0.25) is 0 Å². The van der Waals surface area contributed by atoms with Crippen molar-refractivity contribution in [2.75, 3.05) is 13.1 Å². The predicted octanol–water partition coefficient (Wildman–Crippen LogP) is 0.0293. The highest BCUT2D eigenvalue weighted by Crippen LogP contribution is 2.24.